The topological polar surface area (TPSA) is 72.2 Å². The van der Waals surface area contributed by atoms with Crippen LogP contribution in [0, 0.1) is 0 Å². The molecule has 0 radical (unpaired) electrons. The van der Waals surface area contributed by atoms with E-state index in [4.69, 9.17) is 0 Å². The number of pyridine rings is 1. The second kappa shape index (κ2) is 9.45. The first-order chi connectivity index (χ1) is 19.4. The average molecular weight is 532 g/mol. The van der Waals surface area contributed by atoms with Crippen LogP contribution >= 0.6 is 0 Å². The van der Waals surface area contributed by atoms with Crippen molar-refractivity contribution in [1.82, 2.24) is 24.3 Å². The number of piperidine rings is 1. The number of carbonyl (C=O) groups is 2. The first-order valence-electron chi connectivity index (χ1n) is 14.1. The summed E-state index contributed by atoms with van der Waals surface area (Å²) in [5.74, 6) is -1.09. The molecule has 0 spiro atoms. The molecule has 2 saturated heterocycles. The Bertz CT molecular complexity index is 1740. The monoisotopic (exact) mass is 531 g/mol. The molecular weight excluding hydrogens is 498 g/mol. The summed E-state index contributed by atoms with van der Waals surface area (Å²) in [7, 11) is 1.99. The molecule has 3 aromatic heterocycles. The van der Waals surface area contributed by atoms with E-state index in [9.17, 15) is 9.59 Å². The van der Waals surface area contributed by atoms with Gasteiger partial charge in [-0.25, -0.2) is 0 Å². The van der Waals surface area contributed by atoms with E-state index in [1.54, 1.807) is 0 Å². The number of amides is 2. The van der Waals surface area contributed by atoms with Crippen molar-refractivity contribution >= 4 is 33.6 Å². The van der Waals surface area contributed by atoms with Crippen molar-refractivity contribution in [2.75, 3.05) is 13.1 Å². The van der Waals surface area contributed by atoms with Crippen LogP contribution in [-0.2, 0) is 28.6 Å². The third kappa shape index (κ3) is 3.79. The molecule has 5 aromatic rings. The fraction of sp³-hybridized carbons (Fsp3) is 0.303. The number of aromatic nitrogens is 3. The Morgan fingerprint density at radius 3 is 2.35 bits per heavy atom. The van der Waals surface area contributed by atoms with Gasteiger partial charge in [-0.15, -0.1) is 0 Å². The largest absolute Gasteiger partial charge is 0.350 e. The summed E-state index contributed by atoms with van der Waals surface area (Å²) in [5, 5.41) is 4.75. The van der Waals surface area contributed by atoms with Crippen LogP contribution in [0.15, 0.2) is 85.3 Å². The molecule has 0 saturated carbocycles. The van der Waals surface area contributed by atoms with Crippen molar-refractivity contribution in [3.8, 4) is 0 Å². The second-order valence-electron chi connectivity index (χ2n) is 11.5. The van der Waals surface area contributed by atoms with Crippen molar-refractivity contribution in [1.29, 1.82) is 0 Å². The molecule has 2 atom stereocenters. The SMILES string of the molecule is Cn1cc(C2(C)C(=O)NC(=O)C2c2cn(C3CCN(Cc4ccccn4)CC3)c3ccccc23)c2ccccc21. The van der Waals surface area contributed by atoms with Crippen molar-refractivity contribution in [2.45, 2.75) is 43.7 Å². The lowest BCUT2D eigenvalue weighted by Crippen LogP contribution is -2.35. The molecule has 0 bridgehead atoms. The van der Waals surface area contributed by atoms with Crippen LogP contribution in [0.5, 0.6) is 0 Å². The van der Waals surface area contributed by atoms with Crippen LogP contribution in [0.25, 0.3) is 21.8 Å². The van der Waals surface area contributed by atoms with Crippen LogP contribution in [0.3, 0.4) is 0 Å². The van der Waals surface area contributed by atoms with Gasteiger partial charge >= 0.3 is 0 Å². The molecule has 40 heavy (non-hydrogen) atoms. The van der Waals surface area contributed by atoms with E-state index in [0.29, 0.717) is 6.04 Å². The summed E-state index contributed by atoms with van der Waals surface area (Å²) < 4.78 is 4.41. The number of nitrogens with zero attached hydrogens (tertiary/aromatic N) is 4. The van der Waals surface area contributed by atoms with Crippen molar-refractivity contribution in [2.24, 2.45) is 7.05 Å². The van der Waals surface area contributed by atoms with Gasteiger partial charge < -0.3 is 9.13 Å². The fourth-order valence-electron chi connectivity index (χ4n) is 7.03. The molecule has 202 valence electrons. The number of fused-ring (bicyclic) bond motifs is 2. The summed E-state index contributed by atoms with van der Waals surface area (Å²) in [6, 6.07) is 22.8. The molecule has 2 fully saturated rings. The molecule has 7 rings (SSSR count). The van der Waals surface area contributed by atoms with Gasteiger partial charge in [0, 0.05) is 73.1 Å². The van der Waals surface area contributed by atoms with E-state index in [2.05, 4.69) is 56.3 Å². The highest BCUT2D eigenvalue weighted by atomic mass is 16.2. The molecule has 2 aliphatic heterocycles. The summed E-state index contributed by atoms with van der Waals surface area (Å²) in [6.45, 7) is 4.76. The van der Waals surface area contributed by atoms with Gasteiger partial charge in [0.15, 0.2) is 0 Å². The number of likely N-dealkylation sites (tertiary alicyclic amines) is 1. The summed E-state index contributed by atoms with van der Waals surface area (Å²) >= 11 is 0. The maximum absolute atomic E-state index is 13.6. The molecule has 2 aliphatic rings. The Kier molecular flexibility index (Phi) is 5.86. The van der Waals surface area contributed by atoms with Gasteiger partial charge in [-0.3, -0.25) is 24.8 Å². The normalized spacial score (nSPS) is 22.4. The van der Waals surface area contributed by atoms with Crippen LogP contribution in [0.4, 0.5) is 0 Å². The molecule has 7 nitrogen and oxygen atoms in total. The number of carbonyl (C=O) groups excluding carboxylic acids is 2. The zero-order chi connectivity index (χ0) is 27.4. The molecule has 2 aromatic carbocycles. The number of hydrogen-bond donors (Lipinski definition) is 1. The van der Waals surface area contributed by atoms with E-state index in [0.717, 1.165) is 71.1 Å². The summed E-state index contributed by atoms with van der Waals surface area (Å²) in [5.41, 5.74) is 4.04. The minimum atomic E-state index is -1.03. The molecule has 0 aliphatic carbocycles. The standard InChI is InChI=1S/C33H33N5O2/c1-33(27-21-36(2)28-12-5-4-11-25(27)28)30(31(39)35-32(33)40)26-20-38(29-13-6-3-10-24(26)29)23-14-17-37(18-15-23)19-22-9-7-8-16-34-22/h3-13,16,20-21,23,30H,14-15,17-19H2,1-2H3,(H,35,39,40). The van der Waals surface area contributed by atoms with Crippen molar-refractivity contribution in [3.05, 3.63) is 102 Å². The molecule has 7 heteroatoms. The number of imide groups is 1. The van der Waals surface area contributed by atoms with E-state index in [-0.39, 0.29) is 11.8 Å². The molecule has 1 N–H and O–H groups in total. The number of para-hydroxylation sites is 2. The predicted molar refractivity (Wildman–Crippen MR) is 156 cm³/mol. The summed E-state index contributed by atoms with van der Waals surface area (Å²) in [6.07, 6.45) is 8.07. The lowest BCUT2D eigenvalue weighted by Gasteiger charge is -2.33. The number of aryl methyl sites for hydroxylation is 1. The molecular formula is C33H33N5O2. The van der Waals surface area contributed by atoms with Crippen LogP contribution in [-0.4, -0.2) is 43.9 Å². The third-order valence-corrected chi connectivity index (χ3v) is 9.15. The summed E-state index contributed by atoms with van der Waals surface area (Å²) in [4.78, 5) is 34.2. The zero-order valence-corrected chi connectivity index (χ0v) is 22.9. The van der Waals surface area contributed by atoms with Crippen LogP contribution in [0.1, 0.15) is 48.5 Å². The van der Waals surface area contributed by atoms with Gasteiger partial charge in [-0.05, 0) is 55.2 Å². The number of nitrogens with one attached hydrogen (secondary N) is 1. The third-order valence-electron chi connectivity index (χ3n) is 9.15. The van der Waals surface area contributed by atoms with E-state index >= 15 is 0 Å². The van der Waals surface area contributed by atoms with Gasteiger partial charge in [0.1, 0.15) is 0 Å². The maximum atomic E-state index is 13.6. The van der Waals surface area contributed by atoms with Crippen molar-refractivity contribution < 1.29 is 9.59 Å². The Labute approximate surface area is 233 Å². The van der Waals surface area contributed by atoms with Gasteiger partial charge in [-0.1, -0.05) is 42.5 Å². The predicted octanol–water partition coefficient (Wildman–Crippen LogP) is 5.06. The first-order valence-corrected chi connectivity index (χ1v) is 14.1. The van der Waals surface area contributed by atoms with Gasteiger partial charge in [-0.2, -0.15) is 0 Å². The van der Waals surface area contributed by atoms with Crippen LogP contribution < -0.4 is 5.32 Å². The van der Waals surface area contributed by atoms with E-state index in [1.807, 2.05) is 67.3 Å². The Balaban J connectivity index is 1.27. The van der Waals surface area contributed by atoms with Gasteiger partial charge in [0.2, 0.25) is 11.8 Å². The highest BCUT2D eigenvalue weighted by Crippen LogP contribution is 2.48. The highest BCUT2D eigenvalue weighted by molar-refractivity contribution is 6.15. The molecule has 5 heterocycles. The number of rotatable bonds is 5. The average Bonchev–Trinajstić information content (AvgIpc) is 3.59. The number of hydrogen-bond acceptors (Lipinski definition) is 4. The number of benzene rings is 2. The quantitative estimate of drug-likeness (QED) is 0.322. The van der Waals surface area contributed by atoms with Crippen LogP contribution in [0.2, 0.25) is 0 Å². The van der Waals surface area contributed by atoms with Crippen molar-refractivity contribution in [3.63, 3.8) is 0 Å². The fourth-order valence-corrected chi connectivity index (χ4v) is 7.03. The lowest BCUT2D eigenvalue weighted by molar-refractivity contribution is -0.126. The smallest absolute Gasteiger partial charge is 0.238 e. The highest BCUT2D eigenvalue weighted by Gasteiger charge is 2.55. The molecule has 2 amide bonds. The van der Waals surface area contributed by atoms with Gasteiger partial charge in [0.05, 0.1) is 17.0 Å². The molecule has 2 unspecified atom stereocenters. The zero-order valence-electron chi connectivity index (χ0n) is 22.9. The first kappa shape index (κ1) is 24.8. The minimum absolute atomic E-state index is 0.228. The van der Waals surface area contributed by atoms with Gasteiger partial charge in [0.25, 0.3) is 0 Å². The second-order valence-corrected chi connectivity index (χ2v) is 11.5. The van der Waals surface area contributed by atoms with E-state index < -0.39 is 11.3 Å². The Morgan fingerprint density at radius 1 is 0.900 bits per heavy atom. The van der Waals surface area contributed by atoms with E-state index in [1.165, 1.54) is 0 Å². The maximum Gasteiger partial charge on any atom is 0.238 e. The minimum Gasteiger partial charge on any atom is -0.350 e. The lowest BCUT2D eigenvalue weighted by atomic mass is 9.70. The Hall–Kier alpha value is -4.23. The Morgan fingerprint density at radius 2 is 1.60 bits per heavy atom.